The Morgan fingerprint density at radius 1 is 1.29 bits per heavy atom. The molecule has 1 aliphatic rings. The summed E-state index contributed by atoms with van der Waals surface area (Å²) in [5.74, 6) is 1.24. The van der Waals surface area contributed by atoms with Gasteiger partial charge < -0.3 is 15.8 Å². The van der Waals surface area contributed by atoms with Gasteiger partial charge in [0.1, 0.15) is 23.0 Å². The maximum atomic E-state index is 6.09. The summed E-state index contributed by atoms with van der Waals surface area (Å²) < 4.78 is 5.86. The van der Waals surface area contributed by atoms with Crippen LogP contribution in [-0.4, -0.2) is 23.1 Å². The fraction of sp³-hybridized carbons (Fsp3) is 0.333. The average molecular weight is 305 g/mol. The minimum atomic E-state index is 0.108. The van der Waals surface area contributed by atoms with E-state index in [-0.39, 0.29) is 11.9 Å². The maximum Gasteiger partial charge on any atom is 0.150 e. The normalized spacial score (nSPS) is 21.4. The van der Waals surface area contributed by atoms with Crippen LogP contribution in [0.15, 0.2) is 36.7 Å². The number of anilines is 2. The average Bonchev–Trinajstić information content (AvgIpc) is 2.98. The van der Waals surface area contributed by atoms with Crippen LogP contribution in [0.25, 0.3) is 0 Å². The molecule has 2 aromatic rings. The predicted octanol–water partition coefficient (Wildman–Crippen LogP) is 2.90. The van der Waals surface area contributed by atoms with E-state index in [1.807, 2.05) is 18.2 Å². The number of benzene rings is 1. The number of nitrogens with zero attached hydrogens (tertiary/aromatic N) is 2. The minimum Gasteiger partial charge on any atom is -0.382 e. The molecule has 21 heavy (non-hydrogen) atoms. The first-order chi connectivity index (χ1) is 10.3. The van der Waals surface area contributed by atoms with Crippen molar-refractivity contribution in [2.75, 3.05) is 24.2 Å². The van der Waals surface area contributed by atoms with Crippen molar-refractivity contribution in [3.8, 4) is 0 Å². The second kappa shape index (κ2) is 6.28. The Kier molecular flexibility index (Phi) is 4.22. The fourth-order valence-corrected chi connectivity index (χ4v) is 2.75. The van der Waals surface area contributed by atoms with Gasteiger partial charge >= 0.3 is 0 Å². The summed E-state index contributed by atoms with van der Waals surface area (Å²) in [5.41, 5.74) is 6.88. The van der Waals surface area contributed by atoms with Crippen molar-refractivity contribution in [2.24, 2.45) is 5.92 Å². The SMILES string of the molecule is Nc1ncnc(NC[C@@H]2CCO[C@H]2c2ccccc2)c1Cl. The standard InChI is InChI=1S/C15H17ClN4O/c16-12-14(17)19-9-20-15(12)18-8-11-6-7-21-13(11)10-4-2-1-3-5-10/h1-5,9,11,13H,6-8H2,(H3,17,18,19,20)/t11-,13-/m0/s1. The first-order valence-electron chi connectivity index (χ1n) is 6.92. The molecule has 1 saturated heterocycles. The number of nitrogens with one attached hydrogen (secondary N) is 1. The molecule has 0 spiro atoms. The van der Waals surface area contributed by atoms with Crippen LogP contribution < -0.4 is 11.1 Å². The van der Waals surface area contributed by atoms with Gasteiger partial charge in [0.2, 0.25) is 0 Å². The van der Waals surface area contributed by atoms with E-state index in [4.69, 9.17) is 22.1 Å². The van der Waals surface area contributed by atoms with Crippen LogP contribution in [0.1, 0.15) is 18.1 Å². The summed E-state index contributed by atoms with van der Waals surface area (Å²) in [6, 6.07) is 10.3. The zero-order valence-electron chi connectivity index (χ0n) is 11.5. The van der Waals surface area contributed by atoms with Crippen LogP contribution in [0.2, 0.25) is 5.02 Å². The molecule has 3 rings (SSSR count). The molecule has 1 fully saturated rings. The van der Waals surface area contributed by atoms with Crippen molar-refractivity contribution >= 4 is 23.2 Å². The Labute approximate surface area is 128 Å². The number of ether oxygens (including phenoxy) is 1. The van der Waals surface area contributed by atoms with Crippen LogP contribution in [0, 0.1) is 5.92 Å². The van der Waals surface area contributed by atoms with Crippen LogP contribution >= 0.6 is 11.6 Å². The quantitative estimate of drug-likeness (QED) is 0.908. The highest BCUT2D eigenvalue weighted by Crippen LogP contribution is 2.35. The van der Waals surface area contributed by atoms with E-state index < -0.39 is 0 Å². The summed E-state index contributed by atoms with van der Waals surface area (Å²) in [6.07, 6.45) is 2.52. The predicted molar refractivity (Wildman–Crippen MR) is 83.2 cm³/mol. The van der Waals surface area contributed by atoms with E-state index in [1.54, 1.807) is 0 Å². The molecule has 0 amide bonds. The zero-order chi connectivity index (χ0) is 14.7. The minimum absolute atomic E-state index is 0.108. The molecule has 110 valence electrons. The van der Waals surface area contributed by atoms with Crippen molar-refractivity contribution in [1.29, 1.82) is 0 Å². The lowest BCUT2D eigenvalue weighted by atomic mass is 9.95. The molecule has 0 bridgehead atoms. The van der Waals surface area contributed by atoms with Crippen molar-refractivity contribution in [3.63, 3.8) is 0 Å². The van der Waals surface area contributed by atoms with Gasteiger partial charge in [-0.1, -0.05) is 41.9 Å². The molecule has 2 heterocycles. The Hall–Kier alpha value is -1.85. The highest BCUT2D eigenvalue weighted by atomic mass is 35.5. The van der Waals surface area contributed by atoms with E-state index in [0.29, 0.717) is 16.8 Å². The zero-order valence-corrected chi connectivity index (χ0v) is 12.3. The molecule has 0 saturated carbocycles. The van der Waals surface area contributed by atoms with Gasteiger partial charge in [0.05, 0.1) is 6.10 Å². The van der Waals surface area contributed by atoms with Gasteiger partial charge in [-0.3, -0.25) is 0 Å². The van der Waals surface area contributed by atoms with Crippen molar-refractivity contribution in [2.45, 2.75) is 12.5 Å². The van der Waals surface area contributed by atoms with Crippen LogP contribution in [-0.2, 0) is 4.74 Å². The highest BCUT2D eigenvalue weighted by molar-refractivity contribution is 6.35. The van der Waals surface area contributed by atoms with Gasteiger partial charge in [0.25, 0.3) is 0 Å². The third kappa shape index (κ3) is 3.09. The van der Waals surface area contributed by atoms with E-state index in [9.17, 15) is 0 Å². The number of rotatable bonds is 4. The largest absolute Gasteiger partial charge is 0.382 e. The van der Waals surface area contributed by atoms with E-state index in [0.717, 1.165) is 19.6 Å². The summed E-state index contributed by atoms with van der Waals surface area (Å²) in [4.78, 5) is 7.97. The third-order valence-corrected chi connectivity index (χ3v) is 4.06. The number of aromatic nitrogens is 2. The van der Waals surface area contributed by atoms with Gasteiger partial charge in [-0.2, -0.15) is 0 Å². The molecule has 0 radical (unpaired) electrons. The molecule has 3 N–H and O–H groups in total. The van der Waals surface area contributed by atoms with Crippen molar-refractivity contribution < 1.29 is 4.74 Å². The maximum absolute atomic E-state index is 6.09. The molecular formula is C15H17ClN4O. The van der Waals surface area contributed by atoms with Crippen LogP contribution in [0.5, 0.6) is 0 Å². The number of hydrogen-bond acceptors (Lipinski definition) is 5. The van der Waals surface area contributed by atoms with Gasteiger partial charge in [0, 0.05) is 19.1 Å². The first-order valence-corrected chi connectivity index (χ1v) is 7.30. The summed E-state index contributed by atoms with van der Waals surface area (Å²) in [7, 11) is 0. The smallest absolute Gasteiger partial charge is 0.150 e. The van der Waals surface area contributed by atoms with Crippen LogP contribution in [0.3, 0.4) is 0 Å². The molecule has 6 heteroatoms. The monoisotopic (exact) mass is 304 g/mol. The Morgan fingerprint density at radius 3 is 2.90 bits per heavy atom. The van der Waals surface area contributed by atoms with E-state index in [1.165, 1.54) is 11.9 Å². The highest BCUT2D eigenvalue weighted by Gasteiger charge is 2.29. The van der Waals surface area contributed by atoms with E-state index in [2.05, 4.69) is 27.4 Å². The van der Waals surface area contributed by atoms with Gasteiger partial charge in [-0.25, -0.2) is 9.97 Å². The number of hydrogen-bond donors (Lipinski definition) is 2. The van der Waals surface area contributed by atoms with Crippen molar-refractivity contribution in [3.05, 3.63) is 47.2 Å². The molecule has 1 aromatic heterocycles. The fourth-order valence-electron chi connectivity index (χ4n) is 2.59. The molecule has 5 nitrogen and oxygen atoms in total. The summed E-state index contributed by atoms with van der Waals surface area (Å²) in [5, 5.41) is 3.62. The summed E-state index contributed by atoms with van der Waals surface area (Å²) in [6.45, 7) is 1.50. The van der Waals surface area contributed by atoms with E-state index >= 15 is 0 Å². The Bertz CT molecular complexity index is 608. The number of halogens is 1. The van der Waals surface area contributed by atoms with Gasteiger partial charge in [0.15, 0.2) is 0 Å². The Morgan fingerprint density at radius 2 is 2.10 bits per heavy atom. The van der Waals surface area contributed by atoms with Gasteiger partial charge in [-0.05, 0) is 12.0 Å². The van der Waals surface area contributed by atoms with Crippen molar-refractivity contribution in [1.82, 2.24) is 9.97 Å². The number of nitrogens with two attached hydrogens (primary N) is 1. The van der Waals surface area contributed by atoms with Gasteiger partial charge in [-0.15, -0.1) is 0 Å². The van der Waals surface area contributed by atoms with Crippen LogP contribution in [0.4, 0.5) is 11.6 Å². The second-order valence-electron chi connectivity index (χ2n) is 5.05. The second-order valence-corrected chi connectivity index (χ2v) is 5.43. The number of nitrogen functional groups attached to an aromatic ring is 1. The summed E-state index contributed by atoms with van der Waals surface area (Å²) >= 11 is 6.09. The topological polar surface area (TPSA) is 73.1 Å². The molecule has 1 aromatic carbocycles. The lowest BCUT2D eigenvalue weighted by Crippen LogP contribution is -2.18. The molecule has 1 aliphatic heterocycles. The molecule has 0 aliphatic carbocycles. The molecule has 0 unspecified atom stereocenters. The lowest BCUT2D eigenvalue weighted by Gasteiger charge is -2.20. The third-order valence-electron chi connectivity index (χ3n) is 3.69. The lowest BCUT2D eigenvalue weighted by molar-refractivity contribution is 0.0933. The molecule has 2 atom stereocenters. The Balaban J connectivity index is 1.68. The first kappa shape index (κ1) is 14.1. The molecular weight excluding hydrogens is 288 g/mol.